The van der Waals surface area contributed by atoms with Crippen molar-refractivity contribution in [2.45, 2.75) is 25.9 Å². The Hall–Kier alpha value is -0.280. The average Bonchev–Trinajstić information content (AvgIpc) is 1.80. The zero-order chi connectivity index (χ0) is 8.20. The van der Waals surface area contributed by atoms with Gasteiger partial charge in [-0.15, -0.1) is 0 Å². The van der Waals surface area contributed by atoms with E-state index >= 15 is 0 Å². The van der Waals surface area contributed by atoms with Crippen molar-refractivity contribution in [1.29, 1.82) is 0 Å². The molecule has 62 valence electrons. The molecular weight excluding hydrogens is 148 g/mol. The molecule has 0 aliphatic carbocycles. The molecule has 10 heavy (non-hydrogen) atoms. The lowest BCUT2D eigenvalue weighted by molar-refractivity contribution is -0.180. The van der Waals surface area contributed by atoms with Crippen molar-refractivity contribution in [2.24, 2.45) is 5.92 Å². The van der Waals surface area contributed by atoms with Gasteiger partial charge in [0.25, 0.3) is 0 Å². The second-order valence-corrected chi connectivity index (χ2v) is 2.18. The minimum atomic E-state index is -4.36. The van der Waals surface area contributed by atoms with Gasteiger partial charge in [-0.2, -0.15) is 13.2 Å². The fourth-order valence-electron chi connectivity index (χ4n) is 0.677. The Morgan fingerprint density at radius 1 is 1.30 bits per heavy atom. The van der Waals surface area contributed by atoms with Gasteiger partial charge in [-0.25, -0.2) is 0 Å². The third kappa shape index (κ3) is 3.03. The lowest BCUT2D eigenvalue weighted by Crippen LogP contribution is -2.24. The first kappa shape index (κ1) is 9.72. The van der Waals surface area contributed by atoms with Crippen LogP contribution in [0.3, 0.4) is 0 Å². The van der Waals surface area contributed by atoms with E-state index in [0.717, 1.165) is 0 Å². The first-order valence-electron chi connectivity index (χ1n) is 3.15. The predicted octanol–water partition coefficient (Wildman–Crippen LogP) is 2.93. The summed E-state index contributed by atoms with van der Waals surface area (Å²) in [5, 5.41) is 0. The van der Waals surface area contributed by atoms with E-state index in [1.165, 1.54) is 0 Å². The maximum Gasteiger partial charge on any atom is 0.394 e. The molecule has 0 radical (unpaired) electrons. The summed E-state index contributed by atoms with van der Waals surface area (Å²) in [4.78, 5) is 0. The Morgan fingerprint density at radius 2 is 1.80 bits per heavy atom. The van der Waals surface area contributed by atoms with E-state index in [4.69, 9.17) is 0 Å². The lowest BCUT2D eigenvalue weighted by Gasteiger charge is -2.15. The van der Waals surface area contributed by atoms with Gasteiger partial charge in [0.1, 0.15) is 6.67 Å². The molecule has 0 aromatic carbocycles. The van der Waals surface area contributed by atoms with E-state index in [1.54, 1.807) is 6.92 Å². The summed E-state index contributed by atoms with van der Waals surface area (Å²) in [5.74, 6) is -1.75. The van der Waals surface area contributed by atoms with Gasteiger partial charge < -0.3 is 0 Å². The van der Waals surface area contributed by atoms with Gasteiger partial charge in [0.2, 0.25) is 0 Å². The fourth-order valence-corrected chi connectivity index (χ4v) is 0.677. The van der Waals surface area contributed by atoms with Gasteiger partial charge in [0.05, 0.1) is 5.92 Å². The quantitative estimate of drug-likeness (QED) is 0.554. The van der Waals surface area contributed by atoms with Gasteiger partial charge in [0, 0.05) is 0 Å². The molecule has 0 nitrogen and oxygen atoms in total. The Morgan fingerprint density at radius 3 is 1.90 bits per heavy atom. The van der Waals surface area contributed by atoms with Crippen molar-refractivity contribution in [3.8, 4) is 0 Å². The van der Waals surface area contributed by atoms with Crippen molar-refractivity contribution in [1.82, 2.24) is 0 Å². The van der Waals surface area contributed by atoms with Crippen molar-refractivity contribution in [2.75, 3.05) is 6.67 Å². The Bertz CT molecular complexity index is 86.2. The maximum atomic E-state index is 11.7. The zero-order valence-electron chi connectivity index (χ0n) is 5.71. The van der Waals surface area contributed by atoms with Gasteiger partial charge in [-0.05, 0) is 6.42 Å². The van der Waals surface area contributed by atoms with E-state index < -0.39 is 18.8 Å². The number of alkyl halides is 4. The number of hydrogen-bond donors (Lipinski definition) is 0. The highest BCUT2D eigenvalue weighted by atomic mass is 19.4. The highest BCUT2D eigenvalue weighted by Crippen LogP contribution is 2.29. The first-order chi connectivity index (χ1) is 4.52. The molecular formula is C6H10F4. The summed E-state index contributed by atoms with van der Waals surface area (Å²) < 4.78 is 46.6. The Kier molecular flexibility index (Phi) is 3.68. The second kappa shape index (κ2) is 3.78. The minimum absolute atomic E-state index is 0.111. The van der Waals surface area contributed by atoms with E-state index in [2.05, 4.69) is 0 Å². The molecule has 0 saturated heterocycles. The van der Waals surface area contributed by atoms with Crippen LogP contribution in [0, 0.1) is 5.92 Å². The van der Waals surface area contributed by atoms with Crippen LogP contribution in [0.5, 0.6) is 0 Å². The number of rotatable bonds is 3. The normalized spacial score (nSPS) is 15.3. The summed E-state index contributed by atoms with van der Waals surface area (Å²) in [6.45, 7) is 0.311. The predicted molar refractivity (Wildman–Crippen MR) is 30.4 cm³/mol. The third-order valence-electron chi connectivity index (χ3n) is 1.29. The molecule has 0 aromatic rings. The molecule has 1 unspecified atom stereocenters. The largest absolute Gasteiger partial charge is 0.394 e. The van der Waals surface area contributed by atoms with E-state index in [9.17, 15) is 17.6 Å². The van der Waals surface area contributed by atoms with Crippen molar-refractivity contribution in [3.63, 3.8) is 0 Å². The van der Waals surface area contributed by atoms with Crippen LogP contribution < -0.4 is 0 Å². The second-order valence-electron chi connectivity index (χ2n) is 2.18. The molecule has 0 aliphatic rings. The topological polar surface area (TPSA) is 0 Å². The van der Waals surface area contributed by atoms with Crippen LogP contribution in [0.15, 0.2) is 0 Å². The summed E-state index contributed by atoms with van der Waals surface area (Å²) >= 11 is 0. The Labute approximate surface area is 57.2 Å². The standard InChI is InChI=1S/C6H10F4/c1-2-3-5(4-7)6(8,9)10/h5H,2-4H2,1H3. The summed E-state index contributed by atoms with van der Waals surface area (Å²) in [7, 11) is 0. The van der Waals surface area contributed by atoms with Gasteiger partial charge in [-0.3, -0.25) is 4.39 Å². The molecule has 0 spiro atoms. The van der Waals surface area contributed by atoms with Crippen LogP contribution in [0.1, 0.15) is 19.8 Å². The smallest absolute Gasteiger partial charge is 0.250 e. The van der Waals surface area contributed by atoms with Crippen LogP contribution in [-0.2, 0) is 0 Å². The summed E-state index contributed by atoms with van der Waals surface area (Å²) in [6, 6.07) is 0. The zero-order valence-corrected chi connectivity index (χ0v) is 5.71. The molecule has 0 aromatic heterocycles. The molecule has 0 aliphatic heterocycles. The molecule has 0 fully saturated rings. The monoisotopic (exact) mass is 158 g/mol. The third-order valence-corrected chi connectivity index (χ3v) is 1.29. The fraction of sp³-hybridized carbons (Fsp3) is 1.00. The molecule has 0 rings (SSSR count). The maximum absolute atomic E-state index is 11.7. The molecule has 0 bridgehead atoms. The van der Waals surface area contributed by atoms with E-state index in [-0.39, 0.29) is 6.42 Å². The number of halogens is 4. The summed E-state index contributed by atoms with van der Waals surface area (Å²) in [6.07, 6.45) is -4.10. The van der Waals surface area contributed by atoms with Gasteiger partial charge in [0.15, 0.2) is 0 Å². The van der Waals surface area contributed by atoms with Crippen molar-refractivity contribution < 1.29 is 17.6 Å². The van der Waals surface area contributed by atoms with Gasteiger partial charge in [-0.1, -0.05) is 13.3 Å². The van der Waals surface area contributed by atoms with E-state index in [0.29, 0.717) is 6.42 Å². The van der Waals surface area contributed by atoms with Crippen LogP contribution in [-0.4, -0.2) is 12.9 Å². The highest BCUT2D eigenvalue weighted by molar-refractivity contribution is 4.65. The summed E-state index contributed by atoms with van der Waals surface area (Å²) in [5.41, 5.74) is 0. The molecule has 0 N–H and O–H groups in total. The SMILES string of the molecule is CCCC(CF)C(F)(F)F. The van der Waals surface area contributed by atoms with Crippen molar-refractivity contribution in [3.05, 3.63) is 0 Å². The average molecular weight is 158 g/mol. The van der Waals surface area contributed by atoms with Gasteiger partial charge >= 0.3 is 6.18 Å². The molecule has 4 heteroatoms. The minimum Gasteiger partial charge on any atom is -0.250 e. The number of hydrogen-bond acceptors (Lipinski definition) is 0. The Balaban J connectivity index is 3.81. The van der Waals surface area contributed by atoms with Crippen LogP contribution >= 0.6 is 0 Å². The lowest BCUT2D eigenvalue weighted by atomic mass is 10.1. The van der Waals surface area contributed by atoms with Crippen LogP contribution in [0.25, 0.3) is 0 Å². The molecule has 0 heterocycles. The molecule has 0 amide bonds. The van der Waals surface area contributed by atoms with Crippen molar-refractivity contribution >= 4 is 0 Å². The molecule has 0 saturated carbocycles. The van der Waals surface area contributed by atoms with E-state index in [1.807, 2.05) is 0 Å². The highest BCUT2D eigenvalue weighted by Gasteiger charge is 2.38. The first-order valence-corrected chi connectivity index (χ1v) is 3.15. The van der Waals surface area contributed by atoms with Crippen LogP contribution in [0.4, 0.5) is 17.6 Å². The van der Waals surface area contributed by atoms with Crippen LogP contribution in [0.2, 0.25) is 0 Å². The molecule has 1 atom stereocenters.